The molecule has 6 nitrogen and oxygen atoms in total. The van der Waals surface area contributed by atoms with E-state index in [1.807, 2.05) is 105 Å². The fraction of sp³-hybridized carbons (Fsp3) is 0.111. The van der Waals surface area contributed by atoms with Gasteiger partial charge in [-0.3, -0.25) is 0 Å². The molecule has 0 amide bonds. The number of hydrogen-bond donors (Lipinski definition) is 0. The molecule has 2 aromatic heterocycles. The fourth-order valence-electron chi connectivity index (χ4n) is 4.31. The normalized spacial score (nSPS) is 11.2. The molecule has 3 aromatic carbocycles. The first kappa shape index (κ1) is 20.6. The molecule has 0 aliphatic rings. The predicted molar refractivity (Wildman–Crippen MR) is 123 cm³/mol. The first-order chi connectivity index (χ1) is 16.1. The molecule has 0 aliphatic heterocycles. The number of hydrogen-bond acceptors (Lipinski definition) is 4. The Morgan fingerprint density at radius 3 is 1.33 bits per heavy atom. The molecule has 0 N–H and O–H groups in total. The SMILES string of the molecule is Cc1nn(-c2ccccc2)c([O-])c1C(c1ccccc1)c1c(C)nn(-c2ccccc2)c1[O-]. The molecule has 5 aromatic rings. The van der Waals surface area contributed by atoms with E-state index in [2.05, 4.69) is 10.2 Å². The molecule has 5 rings (SSSR count). The van der Waals surface area contributed by atoms with Gasteiger partial charge >= 0.3 is 0 Å². The van der Waals surface area contributed by atoms with E-state index in [-0.39, 0.29) is 11.8 Å². The summed E-state index contributed by atoms with van der Waals surface area (Å²) >= 11 is 0. The van der Waals surface area contributed by atoms with E-state index >= 15 is 0 Å². The summed E-state index contributed by atoms with van der Waals surface area (Å²) in [5.74, 6) is -1.06. The predicted octanol–water partition coefficient (Wildman–Crippen LogP) is 4.00. The molecule has 164 valence electrons. The van der Waals surface area contributed by atoms with Gasteiger partial charge < -0.3 is 10.2 Å². The minimum absolute atomic E-state index is 0.237. The quantitative estimate of drug-likeness (QED) is 0.419. The Hall–Kier alpha value is -4.32. The van der Waals surface area contributed by atoms with Crippen molar-refractivity contribution in [2.75, 3.05) is 0 Å². The Balaban J connectivity index is 1.74. The van der Waals surface area contributed by atoms with Crippen molar-refractivity contribution in [1.29, 1.82) is 0 Å². The summed E-state index contributed by atoms with van der Waals surface area (Å²) in [7, 11) is 0. The molecule has 0 saturated heterocycles. The Bertz CT molecular complexity index is 1300. The summed E-state index contributed by atoms with van der Waals surface area (Å²) in [5.41, 5.74) is 4.35. The van der Waals surface area contributed by atoms with Crippen molar-refractivity contribution in [1.82, 2.24) is 19.6 Å². The third-order valence-electron chi connectivity index (χ3n) is 5.84. The molecule has 0 unspecified atom stereocenters. The molecule has 0 spiro atoms. The molecule has 0 atom stereocenters. The van der Waals surface area contributed by atoms with Crippen LogP contribution in [0.2, 0.25) is 0 Å². The summed E-state index contributed by atoms with van der Waals surface area (Å²) < 4.78 is 2.81. The molecule has 2 heterocycles. The van der Waals surface area contributed by atoms with Crippen LogP contribution in [0.5, 0.6) is 11.8 Å². The molecule has 0 saturated carbocycles. The molecule has 6 heteroatoms. The molecular formula is C27H22N4O2-2. The van der Waals surface area contributed by atoms with E-state index in [9.17, 15) is 10.2 Å². The number of rotatable bonds is 5. The highest BCUT2D eigenvalue weighted by atomic mass is 16.3. The second kappa shape index (κ2) is 8.31. The second-order valence-corrected chi connectivity index (χ2v) is 7.95. The van der Waals surface area contributed by atoms with Crippen LogP contribution in [0.3, 0.4) is 0 Å². The monoisotopic (exact) mass is 434 g/mol. The molecule has 33 heavy (non-hydrogen) atoms. The molecule has 0 aliphatic carbocycles. The minimum atomic E-state index is -0.582. The minimum Gasteiger partial charge on any atom is -0.858 e. The van der Waals surface area contributed by atoms with Gasteiger partial charge in [0.1, 0.15) is 0 Å². The van der Waals surface area contributed by atoms with Crippen LogP contribution in [-0.2, 0) is 0 Å². The van der Waals surface area contributed by atoms with E-state index in [4.69, 9.17) is 0 Å². The maximum Gasteiger partial charge on any atom is 0.0638 e. The summed E-state index contributed by atoms with van der Waals surface area (Å²) in [5, 5.41) is 36.4. The Morgan fingerprint density at radius 2 is 0.939 bits per heavy atom. The lowest BCUT2D eigenvalue weighted by molar-refractivity contribution is -0.280. The van der Waals surface area contributed by atoms with Crippen LogP contribution in [0.25, 0.3) is 11.4 Å². The standard InChI is InChI=1S/C27H24N4O2/c1-18-23(26(32)30(28-18)21-14-8-4-9-15-21)25(20-12-6-3-7-13-20)24-19(2)29-31(27(24)33)22-16-10-5-11-17-22/h3-17,25,32-33H,1-2H3/p-2. The van der Waals surface area contributed by atoms with E-state index in [0.717, 1.165) is 5.56 Å². The van der Waals surface area contributed by atoms with Crippen molar-refractivity contribution in [2.45, 2.75) is 19.8 Å². The van der Waals surface area contributed by atoms with Crippen molar-refractivity contribution in [2.24, 2.45) is 0 Å². The van der Waals surface area contributed by atoms with Crippen LogP contribution in [0.1, 0.15) is 34.0 Å². The van der Waals surface area contributed by atoms with Gasteiger partial charge in [-0.1, -0.05) is 66.7 Å². The number of aryl methyl sites for hydroxylation is 2. The lowest BCUT2D eigenvalue weighted by atomic mass is 9.85. The first-order valence-electron chi connectivity index (χ1n) is 10.7. The van der Waals surface area contributed by atoms with Crippen LogP contribution in [0, 0.1) is 13.8 Å². The maximum absolute atomic E-state index is 13.6. The molecule has 0 fully saturated rings. The van der Waals surface area contributed by atoms with Gasteiger partial charge in [-0.25, -0.2) is 9.36 Å². The Morgan fingerprint density at radius 1 is 0.576 bits per heavy atom. The van der Waals surface area contributed by atoms with E-state index in [0.29, 0.717) is 33.9 Å². The average molecular weight is 434 g/mol. The van der Waals surface area contributed by atoms with Crippen molar-refractivity contribution < 1.29 is 10.2 Å². The lowest BCUT2D eigenvalue weighted by Crippen LogP contribution is -2.12. The van der Waals surface area contributed by atoms with Crippen molar-refractivity contribution in [3.05, 3.63) is 119 Å². The second-order valence-electron chi connectivity index (χ2n) is 7.95. The van der Waals surface area contributed by atoms with Crippen LogP contribution < -0.4 is 10.2 Å². The third kappa shape index (κ3) is 3.55. The fourth-order valence-corrected chi connectivity index (χ4v) is 4.31. The highest BCUT2D eigenvalue weighted by Crippen LogP contribution is 2.43. The topological polar surface area (TPSA) is 81.8 Å². The molecule has 0 radical (unpaired) electrons. The smallest absolute Gasteiger partial charge is 0.0638 e. The van der Waals surface area contributed by atoms with Gasteiger partial charge in [0.25, 0.3) is 0 Å². The van der Waals surface area contributed by atoms with E-state index in [1.54, 1.807) is 0 Å². The summed E-state index contributed by atoms with van der Waals surface area (Å²) in [6.45, 7) is 3.63. The number of aromatic nitrogens is 4. The highest BCUT2D eigenvalue weighted by Gasteiger charge is 2.27. The van der Waals surface area contributed by atoms with Crippen LogP contribution in [0.15, 0.2) is 91.0 Å². The lowest BCUT2D eigenvalue weighted by Gasteiger charge is -2.25. The highest BCUT2D eigenvalue weighted by molar-refractivity contribution is 5.55. The largest absolute Gasteiger partial charge is 0.858 e. The van der Waals surface area contributed by atoms with Gasteiger partial charge in [-0.15, -0.1) is 0 Å². The zero-order valence-corrected chi connectivity index (χ0v) is 18.3. The molecule has 0 bridgehead atoms. The van der Waals surface area contributed by atoms with Crippen molar-refractivity contribution in [3.8, 4) is 23.1 Å². The third-order valence-corrected chi connectivity index (χ3v) is 5.84. The molecular weight excluding hydrogens is 412 g/mol. The van der Waals surface area contributed by atoms with E-state index < -0.39 is 5.92 Å². The zero-order chi connectivity index (χ0) is 22.9. The Kier molecular flexibility index (Phi) is 5.18. The van der Waals surface area contributed by atoms with Crippen molar-refractivity contribution in [3.63, 3.8) is 0 Å². The van der Waals surface area contributed by atoms with Gasteiger partial charge in [-0.2, -0.15) is 10.2 Å². The van der Waals surface area contributed by atoms with Crippen LogP contribution in [-0.4, -0.2) is 19.6 Å². The van der Waals surface area contributed by atoms with Gasteiger partial charge in [0.2, 0.25) is 0 Å². The number of nitrogens with zero attached hydrogens (tertiary/aromatic N) is 4. The number of para-hydroxylation sites is 2. The first-order valence-corrected chi connectivity index (χ1v) is 10.7. The average Bonchev–Trinajstić information content (AvgIpc) is 3.31. The van der Waals surface area contributed by atoms with Crippen LogP contribution in [0.4, 0.5) is 0 Å². The maximum atomic E-state index is 13.6. The van der Waals surface area contributed by atoms with Gasteiger partial charge in [-0.05, 0) is 66.6 Å². The summed E-state index contributed by atoms with van der Waals surface area (Å²) in [6, 6.07) is 28.2. The summed E-state index contributed by atoms with van der Waals surface area (Å²) in [6.07, 6.45) is 0. The summed E-state index contributed by atoms with van der Waals surface area (Å²) in [4.78, 5) is 0. The van der Waals surface area contributed by atoms with E-state index in [1.165, 1.54) is 9.36 Å². The van der Waals surface area contributed by atoms with Gasteiger partial charge in [0.15, 0.2) is 0 Å². The van der Waals surface area contributed by atoms with Gasteiger partial charge in [0, 0.05) is 5.92 Å². The van der Waals surface area contributed by atoms with Gasteiger partial charge in [0.05, 0.1) is 22.8 Å². The zero-order valence-electron chi connectivity index (χ0n) is 18.3. The van der Waals surface area contributed by atoms with Crippen molar-refractivity contribution >= 4 is 0 Å². The van der Waals surface area contributed by atoms with Crippen LogP contribution >= 0.6 is 0 Å². The number of benzene rings is 3. The Labute approximate surface area is 192 Å².